The molecule has 0 aliphatic heterocycles. The van der Waals surface area contributed by atoms with Crippen molar-refractivity contribution < 1.29 is 4.74 Å². The van der Waals surface area contributed by atoms with E-state index in [1.54, 1.807) is 13.2 Å². The lowest BCUT2D eigenvalue weighted by Crippen LogP contribution is -2.26. The molecule has 2 rings (SSSR count). The minimum absolute atomic E-state index is 0.134. The van der Waals surface area contributed by atoms with Gasteiger partial charge in [0.2, 0.25) is 0 Å². The van der Waals surface area contributed by atoms with Crippen LogP contribution in [0.3, 0.4) is 0 Å². The van der Waals surface area contributed by atoms with Crippen LogP contribution in [0.4, 0.5) is 0 Å². The predicted molar refractivity (Wildman–Crippen MR) is 62.4 cm³/mol. The largest absolute Gasteiger partial charge is 0.371 e. The van der Waals surface area contributed by atoms with Crippen molar-refractivity contribution in [3.05, 3.63) is 40.4 Å². The van der Waals surface area contributed by atoms with Gasteiger partial charge in [-0.1, -0.05) is 12.1 Å². The molecule has 0 aliphatic carbocycles. The first-order valence-corrected chi connectivity index (χ1v) is 5.09. The van der Waals surface area contributed by atoms with Gasteiger partial charge < -0.3 is 9.72 Å². The standard InChI is InChI=1S/C12H14N2O2/c1-12(2,16-3)11-13-9-7-5-4-6-8(9)10(15)14-11/h4-7H,1-3H3,(H,13,14,15). The number of hydrogen-bond donors (Lipinski definition) is 1. The fourth-order valence-corrected chi connectivity index (χ4v) is 1.47. The highest BCUT2D eigenvalue weighted by molar-refractivity contribution is 5.77. The summed E-state index contributed by atoms with van der Waals surface area (Å²) in [6.07, 6.45) is 0. The highest BCUT2D eigenvalue weighted by atomic mass is 16.5. The Hall–Kier alpha value is -1.68. The van der Waals surface area contributed by atoms with E-state index in [4.69, 9.17) is 4.74 Å². The zero-order valence-corrected chi connectivity index (χ0v) is 9.57. The van der Waals surface area contributed by atoms with Crippen LogP contribution in [-0.4, -0.2) is 17.1 Å². The second-order valence-electron chi connectivity index (χ2n) is 4.15. The highest BCUT2D eigenvalue weighted by Gasteiger charge is 2.23. The van der Waals surface area contributed by atoms with Crippen molar-refractivity contribution in [1.82, 2.24) is 9.97 Å². The number of para-hydroxylation sites is 1. The molecule has 1 aromatic carbocycles. The Bertz CT molecular complexity index is 572. The molecule has 0 aliphatic rings. The van der Waals surface area contributed by atoms with E-state index in [2.05, 4.69) is 9.97 Å². The summed E-state index contributed by atoms with van der Waals surface area (Å²) >= 11 is 0. The van der Waals surface area contributed by atoms with Gasteiger partial charge in [0.1, 0.15) is 11.4 Å². The molecule has 1 N–H and O–H groups in total. The van der Waals surface area contributed by atoms with Crippen molar-refractivity contribution in [3.63, 3.8) is 0 Å². The highest BCUT2D eigenvalue weighted by Crippen LogP contribution is 2.20. The van der Waals surface area contributed by atoms with Crippen LogP contribution in [0.2, 0.25) is 0 Å². The molecule has 0 fully saturated rings. The van der Waals surface area contributed by atoms with E-state index >= 15 is 0 Å². The lowest BCUT2D eigenvalue weighted by Gasteiger charge is -2.21. The van der Waals surface area contributed by atoms with Gasteiger partial charge in [-0.3, -0.25) is 4.79 Å². The smallest absolute Gasteiger partial charge is 0.258 e. The number of ether oxygens (including phenoxy) is 1. The van der Waals surface area contributed by atoms with Crippen LogP contribution in [0.1, 0.15) is 19.7 Å². The number of nitrogens with zero attached hydrogens (tertiary/aromatic N) is 1. The maximum atomic E-state index is 11.8. The Morgan fingerprint density at radius 1 is 1.31 bits per heavy atom. The second-order valence-corrected chi connectivity index (χ2v) is 4.15. The quantitative estimate of drug-likeness (QED) is 0.836. The molecule has 84 valence electrons. The van der Waals surface area contributed by atoms with Gasteiger partial charge in [0, 0.05) is 7.11 Å². The minimum Gasteiger partial charge on any atom is -0.371 e. The molecular weight excluding hydrogens is 204 g/mol. The van der Waals surface area contributed by atoms with Gasteiger partial charge in [-0.15, -0.1) is 0 Å². The van der Waals surface area contributed by atoms with Crippen LogP contribution in [0, 0.1) is 0 Å². The normalized spacial score (nSPS) is 11.9. The number of benzene rings is 1. The SMILES string of the molecule is COC(C)(C)c1nc2ccccc2c(=O)[nH]1. The zero-order chi connectivity index (χ0) is 11.8. The van der Waals surface area contributed by atoms with Crippen molar-refractivity contribution in [1.29, 1.82) is 0 Å². The summed E-state index contributed by atoms with van der Waals surface area (Å²) in [5.41, 5.74) is -0.0412. The van der Waals surface area contributed by atoms with E-state index in [1.807, 2.05) is 32.0 Å². The van der Waals surface area contributed by atoms with Crippen LogP contribution >= 0.6 is 0 Å². The van der Waals surface area contributed by atoms with E-state index in [0.717, 1.165) is 0 Å². The molecule has 4 heteroatoms. The van der Waals surface area contributed by atoms with Crippen LogP contribution < -0.4 is 5.56 Å². The summed E-state index contributed by atoms with van der Waals surface area (Å²) in [6.45, 7) is 3.72. The van der Waals surface area contributed by atoms with Gasteiger partial charge in [-0.2, -0.15) is 0 Å². The van der Waals surface area contributed by atoms with Gasteiger partial charge in [0.25, 0.3) is 5.56 Å². The van der Waals surface area contributed by atoms with Crippen LogP contribution in [0.25, 0.3) is 10.9 Å². The number of rotatable bonds is 2. The van der Waals surface area contributed by atoms with E-state index < -0.39 is 5.60 Å². The molecule has 4 nitrogen and oxygen atoms in total. The molecule has 0 spiro atoms. The Balaban J connectivity index is 2.72. The monoisotopic (exact) mass is 218 g/mol. The first kappa shape index (κ1) is 10.8. The fourth-order valence-electron chi connectivity index (χ4n) is 1.47. The lowest BCUT2D eigenvalue weighted by atomic mass is 10.1. The number of hydrogen-bond acceptors (Lipinski definition) is 3. The molecule has 1 aromatic heterocycles. The zero-order valence-electron chi connectivity index (χ0n) is 9.57. The molecule has 0 saturated carbocycles. The van der Waals surface area contributed by atoms with Gasteiger partial charge in [0.05, 0.1) is 10.9 Å². The third-order valence-electron chi connectivity index (χ3n) is 2.69. The summed E-state index contributed by atoms with van der Waals surface area (Å²) in [6, 6.07) is 7.25. The second kappa shape index (κ2) is 3.72. The number of fused-ring (bicyclic) bond motifs is 1. The van der Waals surface area contributed by atoms with Gasteiger partial charge >= 0.3 is 0 Å². The molecule has 0 atom stereocenters. The number of aromatic amines is 1. The Morgan fingerprint density at radius 3 is 2.69 bits per heavy atom. The molecule has 0 radical (unpaired) electrons. The first-order chi connectivity index (χ1) is 7.54. The van der Waals surface area contributed by atoms with Crippen LogP contribution in [0.5, 0.6) is 0 Å². The van der Waals surface area contributed by atoms with Gasteiger partial charge in [-0.25, -0.2) is 4.98 Å². The summed E-state index contributed by atoms with van der Waals surface area (Å²) < 4.78 is 5.29. The Kier molecular flexibility index (Phi) is 2.52. The Morgan fingerprint density at radius 2 is 2.00 bits per heavy atom. The molecule has 0 saturated heterocycles. The van der Waals surface area contributed by atoms with E-state index in [-0.39, 0.29) is 5.56 Å². The van der Waals surface area contributed by atoms with Crippen LogP contribution in [0.15, 0.2) is 29.1 Å². The van der Waals surface area contributed by atoms with E-state index in [9.17, 15) is 4.79 Å². The molecule has 0 bridgehead atoms. The van der Waals surface area contributed by atoms with Crippen molar-refractivity contribution in [2.75, 3.05) is 7.11 Å². The maximum absolute atomic E-state index is 11.8. The number of aromatic nitrogens is 2. The number of H-pyrrole nitrogens is 1. The third-order valence-corrected chi connectivity index (χ3v) is 2.69. The van der Waals surface area contributed by atoms with Gasteiger partial charge in [0.15, 0.2) is 0 Å². The molecule has 1 heterocycles. The van der Waals surface area contributed by atoms with Crippen molar-refractivity contribution >= 4 is 10.9 Å². The van der Waals surface area contributed by atoms with E-state index in [1.165, 1.54) is 0 Å². The molecule has 0 unspecified atom stereocenters. The predicted octanol–water partition coefficient (Wildman–Crippen LogP) is 1.80. The minimum atomic E-state index is -0.594. The fraction of sp³-hybridized carbons (Fsp3) is 0.333. The summed E-state index contributed by atoms with van der Waals surface area (Å²) in [5.74, 6) is 0.540. The Labute approximate surface area is 93.3 Å². The average Bonchev–Trinajstić information content (AvgIpc) is 2.29. The molecule has 16 heavy (non-hydrogen) atoms. The topological polar surface area (TPSA) is 55.0 Å². The molecular formula is C12H14N2O2. The lowest BCUT2D eigenvalue weighted by molar-refractivity contribution is 0.0116. The number of methoxy groups -OCH3 is 1. The van der Waals surface area contributed by atoms with Crippen molar-refractivity contribution in [2.45, 2.75) is 19.4 Å². The molecule has 2 aromatic rings. The summed E-state index contributed by atoms with van der Waals surface area (Å²) in [5, 5.41) is 0.596. The van der Waals surface area contributed by atoms with Gasteiger partial charge in [-0.05, 0) is 26.0 Å². The van der Waals surface area contributed by atoms with Crippen molar-refractivity contribution in [3.8, 4) is 0 Å². The summed E-state index contributed by atoms with van der Waals surface area (Å²) in [7, 11) is 1.59. The average molecular weight is 218 g/mol. The third kappa shape index (κ3) is 1.72. The van der Waals surface area contributed by atoms with E-state index in [0.29, 0.717) is 16.7 Å². The first-order valence-electron chi connectivity index (χ1n) is 5.09. The van der Waals surface area contributed by atoms with Crippen molar-refractivity contribution in [2.24, 2.45) is 0 Å². The summed E-state index contributed by atoms with van der Waals surface area (Å²) in [4.78, 5) is 19.0. The molecule has 0 amide bonds. The maximum Gasteiger partial charge on any atom is 0.258 e. The van der Waals surface area contributed by atoms with Crippen LogP contribution in [-0.2, 0) is 10.3 Å². The number of nitrogens with one attached hydrogen (secondary N) is 1.